The fourth-order valence-corrected chi connectivity index (χ4v) is 2.77. The normalized spacial score (nSPS) is 18.0. The van der Waals surface area contributed by atoms with Gasteiger partial charge >= 0.3 is 0 Å². The zero-order valence-corrected chi connectivity index (χ0v) is 12.4. The molecule has 5 heteroatoms. The van der Waals surface area contributed by atoms with Gasteiger partial charge in [0.1, 0.15) is 0 Å². The lowest BCUT2D eigenvalue weighted by Gasteiger charge is -2.33. The van der Waals surface area contributed by atoms with Gasteiger partial charge in [0, 0.05) is 31.9 Å². The van der Waals surface area contributed by atoms with E-state index in [9.17, 15) is 0 Å². The Morgan fingerprint density at radius 1 is 1.27 bits per heavy atom. The van der Waals surface area contributed by atoms with Crippen molar-refractivity contribution in [1.82, 2.24) is 15.5 Å². The molecule has 1 aromatic heterocycles. The van der Waals surface area contributed by atoms with E-state index in [0.29, 0.717) is 11.6 Å². The lowest BCUT2D eigenvalue weighted by atomic mass is 10.0. The van der Waals surface area contributed by atoms with Gasteiger partial charge in [-0.15, -0.1) is 5.10 Å². The van der Waals surface area contributed by atoms with E-state index in [2.05, 4.69) is 26.5 Å². The topological polar surface area (TPSA) is 64.8 Å². The van der Waals surface area contributed by atoms with Crippen LogP contribution in [-0.4, -0.2) is 29.3 Å². The van der Waals surface area contributed by atoms with Gasteiger partial charge in [-0.3, -0.25) is 0 Å². The van der Waals surface area contributed by atoms with Crippen molar-refractivity contribution in [2.75, 3.05) is 18.0 Å². The zero-order valence-electron chi connectivity index (χ0n) is 12.4. The average Bonchev–Trinajstić information content (AvgIpc) is 2.61. The van der Waals surface area contributed by atoms with Crippen molar-refractivity contribution in [3.63, 3.8) is 0 Å². The third-order valence-corrected chi connectivity index (χ3v) is 3.98. The van der Waals surface area contributed by atoms with Gasteiger partial charge in [0.2, 0.25) is 0 Å². The van der Waals surface area contributed by atoms with Crippen LogP contribution in [0.15, 0.2) is 42.6 Å². The minimum absolute atomic E-state index is 0.450. The van der Waals surface area contributed by atoms with Gasteiger partial charge in [-0.25, -0.2) is 0 Å². The second-order valence-electron chi connectivity index (χ2n) is 5.56. The molecule has 2 heterocycles. The van der Waals surface area contributed by atoms with Crippen LogP contribution in [0.4, 0.5) is 5.82 Å². The van der Waals surface area contributed by atoms with E-state index >= 15 is 0 Å². The Kier molecular flexibility index (Phi) is 4.62. The molecule has 3 rings (SSSR count). The standard InChI is InChI=1S/C17H19N5/c18-11-14-5-7-15(8-6-14)12-19-16-3-2-10-22(13-16)17-4-1-9-20-21-17/h1,4-9,16,19H,2-3,10,12-13H2. The zero-order chi connectivity index (χ0) is 15.2. The number of hydrogen-bond acceptors (Lipinski definition) is 5. The number of rotatable bonds is 4. The van der Waals surface area contributed by atoms with Crippen LogP contribution in [0.2, 0.25) is 0 Å². The highest BCUT2D eigenvalue weighted by molar-refractivity contribution is 5.37. The molecule has 0 amide bonds. The number of aromatic nitrogens is 2. The first-order valence-electron chi connectivity index (χ1n) is 7.60. The van der Waals surface area contributed by atoms with Gasteiger partial charge in [-0.2, -0.15) is 10.4 Å². The summed E-state index contributed by atoms with van der Waals surface area (Å²) in [5, 5.41) is 20.6. The first-order valence-corrected chi connectivity index (χ1v) is 7.60. The van der Waals surface area contributed by atoms with Gasteiger partial charge < -0.3 is 10.2 Å². The maximum atomic E-state index is 8.82. The molecular formula is C17H19N5. The van der Waals surface area contributed by atoms with Gasteiger partial charge in [-0.1, -0.05) is 12.1 Å². The monoisotopic (exact) mass is 293 g/mol. The minimum Gasteiger partial charge on any atom is -0.354 e. The summed E-state index contributed by atoms with van der Waals surface area (Å²) in [7, 11) is 0. The van der Waals surface area contributed by atoms with E-state index in [4.69, 9.17) is 5.26 Å². The third-order valence-electron chi connectivity index (χ3n) is 3.98. The molecule has 1 saturated heterocycles. The van der Waals surface area contributed by atoms with Crippen LogP contribution in [0.25, 0.3) is 0 Å². The first kappa shape index (κ1) is 14.5. The molecule has 0 bridgehead atoms. The number of nitrogens with one attached hydrogen (secondary N) is 1. The largest absolute Gasteiger partial charge is 0.354 e. The van der Waals surface area contributed by atoms with Crippen molar-refractivity contribution in [2.24, 2.45) is 0 Å². The predicted octanol–water partition coefficient (Wildman–Crippen LogP) is 2.11. The van der Waals surface area contributed by atoms with E-state index < -0.39 is 0 Å². The van der Waals surface area contributed by atoms with Crippen LogP contribution in [0.5, 0.6) is 0 Å². The number of piperidine rings is 1. The number of anilines is 1. The third kappa shape index (κ3) is 3.60. The molecule has 0 saturated carbocycles. The fourth-order valence-electron chi connectivity index (χ4n) is 2.77. The molecule has 2 aromatic rings. The molecule has 1 aromatic carbocycles. The van der Waals surface area contributed by atoms with Crippen molar-refractivity contribution in [2.45, 2.75) is 25.4 Å². The fraction of sp³-hybridized carbons (Fsp3) is 0.353. The molecule has 112 valence electrons. The highest BCUT2D eigenvalue weighted by Gasteiger charge is 2.20. The molecule has 1 N–H and O–H groups in total. The van der Waals surface area contributed by atoms with Gasteiger partial charge in [-0.05, 0) is 42.7 Å². The van der Waals surface area contributed by atoms with Gasteiger partial charge in [0.25, 0.3) is 0 Å². The number of hydrogen-bond donors (Lipinski definition) is 1. The molecule has 1 atom stereocenters. The summed E-state index contributed by atoms with van der Waals surface area (Å²) in [5.74, 6) is 0.951. The van der Waals surface area contributed by atoms with E-state index in [1.54, 1.807) is 6.20 Å². The smallest absolute Gasteiger partial charge is 0.151 e. The number of nitriles is 1. The van der Waals surface area contributed by atoms with Crippen LogP contribution < -0.4 is 10.2 Å². The molecule has 0 radical (unpaired) electrons. The highest BCUT2D eigenvalue weighted by Crippen LogP contribution is 2.17. The quantitative estimate of drug-likeness (QED) is 0.935. The second-order valence-corrected chi connectivity index (χ2v) is 5.56. The summed E-state index contributed by atoms with van der Waals surface area (Å²) < 4.78 is 0. The molecule has 1 aliphatic heterocycles. The van der Waals surface area contributed by atoms with Crippen molar-refractivity contribution in [3.8, 4) is 6.07 Å². The van der Waals surface area contributed by atoms with Crippen LogP contribution in [0, 0.1) is 11.3 Å². The Bertz CT molecular complexity index is 632. The van der Waals surface area contributed by atoms with Crippen molar-refractivity contribution in [3.05, 3.63) is 53.7 Å². The Balaban J connectivity index is 1.55. The van der Waals surface area contributed by atoms with E-state index in [1.165, 1.54) is 12.0 Å². The summed E-state index contributed by atoms with van der Waals surface area (Å²) in [6, 6.07) is 14.3. The second kappa shape index (κ2) is 7.01. The molecule has 5 nitrogen and oxygen atoms in total. The molecule has 1 aliphatic rings. The summed E-state index contributed by atoms with van der Waals surface area (Å²) in [4.78, 5) is 2.28. The summed E-state index contributed by atoms with van der Waals surface area (Å²) in [6.07, 6.45) is 4.03. The maximum absolute atomic E-state index is 8.82. The SMILES string of the molecule is N#Cc1ccc(CNC2CCCN(c3cccnn3)C2)cc1. The van der Waals surface area contributed by atoms with Crippen molar-refractivity contribution >= 4 is 5.82 Å². The molecule has 0 spiro atoms. The average molecular weight is 293 g/mol. The van der Waals surface area contributed by atoms with Gasteiger partial charge in [0.15, 0.2) is 5.82 Å². The Morgan fingerprint density at radius 2 is 2.14 bits per heavy atom. The van der Waals surface area contributed by atoms with E-state index in [1.807, 2.05) is 36.4 Å². The molecule has 22 heavy (non-hydrogen) atoms. The Labute approximate surface area is 130 Å². The molecule has 0 aliphatic carbocycles. The summed E-state index contributed by atoms with van der Waals surface area (Å²) in [6.45, 7) is 2.81. The maximum Gasteiger partial charge on any atom is 0.151 e. The van der Waals surface area contributed by atoms with Crippen LogP contribution in [0.1, 0.15) is 24.0 Å². The lowest BCUT2D eigenvalue weighted by molar-refractivity contribution is 0.419. The predicted molar refractivity (Wildman–Crippen MR) is 85.3 cm³/mol. The highest BCUT2D eigenvalue weighted by atomic mass is 15.3. The van der Waals surface area contributed by atoms with Crippen LogP contribution in [-0.2, 0) is 6.54 Å². The molecule has 1 unspecified atom stereocenters. The Hall–Kier alpha value is -2.45. The van der Waals surface area contributed by atoms with Crippen LogP contribution in [0.3, 0.4) is 0 Å². The lowest BCUT2D eigenvalue weighted by Crippen LogP contribution is -2.45. The summed E-state index contributed by atoms with van der Waals surface area (Å²) in [5.41, 5.74) is 1.91. The number of nitrogens with zero attached hydrogens (tertiary/aromatic N) is 4. The van der Waals surface area contributed by atoms with E-state index in [-0.39, 0.29) is 0 Å². The first-order chi connectivity index (χ1) is 10.8. The van der Waals surface area contributed by atoms with Crippen molar-refractivity contribution in [1.29, 1.82) is 5.26 Å². The molecule has 1 fully saturated rings. The van der Waals surface area contributed by atoms with E-state index in [0.717, 1.165) is 31.9 Å². The van der Waals surface area contributed by atoms with Gasteiger partial charge in [0.05, 0.1) is 11.6 Å². The van der Waals surface area contributed by atoms with Crippen molar-refractivity contribution < 1.29 is 0 Å². The number of benzene rings is 1. The Morgan fingerprint density at radius 3 is 2.86 bits per heavy atom. The molecular weight excluding hydrogens is 274 g/mol. The summed E-state index contributed by atoms with van der Waals surface area (Å²) >= 11 is 0. The van der Waals surface area contributed by atoms with Crippen LogP contribution >= 0.6 is 0 Å². The minimum atomic E-state index is 0.450.